The third kappa shape index (κ3) is 5.43. The van der Waals surface area contributed by atoms with Crippen LogP contribution in [0.3, 0.4) is 0 Å². The van der Waals surface area contributed by atoms with E-state index >= 15 is 0 Å². The van der Waals surface area contributed by atoms with Crippen LogP contribution >= 0.6 is 11.6 Å². The second-order valence-electron chi connectivity index (χ2n) is 11.4. The van der Waals surface area contributed by atoms with Crippen molar-refractivity contribution in [1.29, 1.82) is 5.26 Å². The van der Waals surface area contributed by atoms with E-state index < -0.39 is 0 Å². The van der Waals surface area contributed by atoms with Gasteiger partial charge in [-0.25, -0.2) is 0 Å². The molecule has 8 nitrogen and oxygen atoms in total. The summed E-state index contributed by atoms with van der Waals surface area (Å²) in [7, 11) is 0. The highest BCUT2D eigenvalue weighted by atomic mass is 35.5. The molecule has 1 aromatic heterocycles. The van der Waals surface area contributed by atoms with E-state index in [0.29, 0.717) is 37.7 Å². The van der Waals surface area contributed by atoms with Crippen molar-refractivity contribution in [2.75, 3.05) is 49.1 Å². The minimum Gasteiger partial charge on any atom is -0.462 e. The second kappa shape index (κ2) is 11.8. The van der Waals surface area contributed by atoms with E-state index in [4.69, 9.17) is 26.3 Å². The number of nitriles is 1. The number of piperazine rings is 1. The largest absolute Gasteiger partial charge is 0.462 e. The maximum atomic E-state index is 9.56. The third-order valence-corrected chi connectivity index (χ3v) is 8.90. The molecule has 1 N–H and O–H groups in total. The van der Waals surface area contributed by atoms with Crippen LogP contribution in [-0.4, -0.2) is 72.3 Å². The van der Waals surface area contributed by atoms with Crippen LogP contribution in [-0.2, 0) is 13.0 Å². The van der Waals surface area contributed by atoms with Gasteiger partial charge in [0.1, 0.15) is 12.4 Å². The van der Waals surface area contributed by atoms with Crippen LogP contribution in [0.25, 0.3) is 10.8 Å². The molecule has 9 heteroatoms. The van der Waals surface area contributed by atoms with E-state index in [1.165, 1.54) is 12.0 Å². The Morgan fingerprint density at radius 3 is 2.75 bits per heavy atom. The van der Waals surface area contributed by atoms with Crippen LogP contribution in [0, 0.1) is 11.3 Å². The molecule has 0 saturated carbocycles. The number of hydrogen-bond acceptors (Lipinski definition) is 8. The van der Waals surface area contributed by atoms with Crippen molar-refractivity contribution < 1.29 is 4.74 Å². The summed E-state index contributed by atoms with van der Waals surface area (Å²) < 4.78 is 6.24. The van der Waals surface area contributed by atoms with Crippen LogP contribution in [0.5, 0.6) is 6.01 Å². The van der Waals surface area contributed by atoms with Gasteiger partial charge in [-0.2, -0.15) is 15.2 Å². The molecular formula is C31H38ClN7O. The SMILES string of the molecule is CC(C)N1CCN(c2nc(OCC3CCCN3)nc3c2CCN(c2cccc4cccc(Cl)c24)C3)CC1CC#N. The van der Waals surface area contributed by atoms with Gasteiger partial charge in [0, 0.05) is 60.9 Å². The average molecular weight is 560 g/mol. The van der Waals surface area contributed by atoms with Crippen molar-refractivity contribution in [3.8, 4) is 12.1 Å². The Hall–Kier alpha value is -3.12. The maximum absolute atomic E-state index is 9.56. The number of aromatic nitrogens is 2. The first kappa shape index (κ1) is 27.1. The number of nitrogens with one attached hydrogen (secondary N) is 1. The number of benzene rings is 2. The van der Waals surface area contributed by atoms with Crippen LogP contribution in [0.2, 0.25) is 5.02 Å². The fourth-order valence-corrected chi connectivity index (χ4v) is 6.84. The molecule has 40 heavy (non-hydrogen) atoms. The van der Waals surface area contributed by atoms with Crippen molar-refractivity contribution >= 4 is 33.9 Å². The molecule has 2 unspecified atom stereocenters. The third-order valence-electron chi connectivity index (χ3n) is 8.59. The van der Waals surface area contributed by atoms with Crippen molar-refractivity contribution in [2.45, 2.75) is 64.2 Å². The summed E-state index contributed by atoms with van der Waals surface area (Å²) in [4.78, 5) is 17.2. The second-order valence-corrected chi connectivity index (χ2v) is 11.8. The van der Waals surface area contributed by atoms with Gasteiger partial charge < -0.3 is 19.9 Å². The Morgan fingerprint density at radius 2 is 1.98 bits per heavy atom. The van der Waals surface area contributed by atoms with E-state index in [0.717, 1.165) is 78.6 Å². The smallest absolute Gasteiger partial charge is 0.318 e. The lowest BCUT2D eigenvalue weighted by molar-refractivity contribution is 0.138. The molecule has 0 aliphatic carbocycles. The lowest BCUT2D eigenvalue weighted by Crippen LogP contribution is -2.55. The summed E-state index contributed by atoms with van der Waals surface area (Å²) in [5.41, 5.74) is 3.34. The van der Waals surface area contributed by atoms with E-state index in [9.17, 15) is 5.26 Å². The Kier molecular flexibility index (Phi) is 7.97. The first-order chi connectivity index (χ1) is 19.5. The number of ether oxygens (including phenoxy) is 1. The van der Waals surface area contributed by atoms with Crippen molar-refractivity contribution in [1.82, 2.24) is 20.2 Å². The molecule has 2 saturated heterocycles. The van der Waals surface area contributed by atoms with Gasteiger partial charge in [0.15, 0.2) is 0 Å². The molecule has 0 spiro atoms. The minimum absolute atomic E-state index is 0.175. The Bertz CT molecular complexity index is 1400. The van der Waals surface area contributed by atoms with Gasteiger partial charge in [-0.1, -0.05) is 35.9 Å². The highest BCUT2D eigenvalue weighted by molar-refractivity contribution is 6.36. The Balaban J connectivity index is 1.34. The zero-order chi connectivity index (χ0) is 27.6. The summed E-state index contributed by atoms with van der Waals surface area (Å²) in [6.45, 7) is 10.1. The standard InChI is InChI=1S/C31H38ClN7O/c1-21(2)39-17-16-38(18-24(39)11-13-33)30-25-12-15-37(28-10-4-7-22-6-3-9-26(32)29(22)28)19-27(25)35-31(36-30)40-20-23-8-5-14-34-23/h3-4,6-7,9-10,21,23-24,34H,5,8,11-12,14-20H2,1-2H3. The molecule has 0 amide bonds. The fraction of sp³-hybridized carbons (Fsp3) is 0.516. The molecule has 6 rings (SSSR count). The van der Waals surface area contributed by atoms with E-state index in [-0.39, 0.29) is 6.04 Å². The predicted molar refractivity (Wildman–Crippen MR) is 160 cm³/mol. The van der Waals surface area contributed by atoms with Crippen LogP contribution in [0.15, 0.2) is 36.4 Å². The molecular weight excluding hydrogens is 522 g/mol. The highest BCUT2D eigenvalue weighted by Crippen LogP contribution is 2.37. The lowest BCUT2D eigenvalue weighted by Gasteiger charge is -2.44. The van der Waals surface area contributed by atoms with Crippen LogP contribution in [0.4, 0.5) is 11.5 Å². The fourth-order valence-electron chi connectivity index (χ4n) is 6.56. The number of hydrogen-bond donors (Lipinski definition) is 1. The molecule has 0 bridgehead atoms. The van der Waals surface area contributed by atoms with Crippen LogP contribution in [0.1, 0.15) is 44.4 Å². The minimum atomic E-state index is 0.175. The van der Waals surface area contributed by atoms with E-state index in [1.807, 2.05) is 12.1 Å². The average Bonchev–Trinajstić information content (AvgIpc) is 3.49. The number of anilines is 2. The molecule has 2 fully saturated rings. The summed E-state index contributed by atoms with van der Waals surface area (Å²) in [6, 6.07) is 16.2. The van der Waals surface area contributed by atoms with Gasteiger partial charge >= 0.3 is 6.01 Å². The Morgan fingerprint density at radius 1 is 1.12 bits per heavy atom. The normalized spacial score (nSPS) is 21.6. The molecule has 2 atom stereocenters. The summed E-state index contributed by atoms with van der Waals surface area (Å²) in [5.74, 6) is 0.973. The lowest BCUT2D eigenvalue weighted by atomic mass is 10.0. The molecule has 3 aliphatic heterocycles. The quantitative estimate of drug-likeness (QED) is 0.442. The van der Waals surface area contributed by atoms with Gasteiger partial charge in [0.25, 0.3) is 0 Å². The van der Waals surface area contributed by atoms with Crippen molar-refractivity contribution in [3.63, 3.8) is 0 Å². The summed E-state index contributed by atoms with van der Waals surface area (Å²) >= 11 is 6.70. The van der Waals surface area contributed by atoms with Crippen molar-refractivity contribution in [2.24, 2.45) is 0 Å². The van der Waals surface area contributed by atoms with Gasteiger partial charge in [-0.15, -0.1) is 0 Å². The highest BCUT2D eigenvalue weighted by Gasteiger charge is 2.33. The number of fused-ring (bicyclic) bond motifs is 2. The maximum Gasteiger partial charge on any atom is 0.318 e. The molecule has 4 heterocycles. The first-order valence-electron chi connectivity index (χ1n) is 14.6. The number of nitrogens with zero attached hydrogens (tertiary/aromatic N) is 6. The van der Waals surface area contributed by atoms with E-state index in [1.54, 1.807) is 0 Å². The zero-order valence-electron chi connectivity index (χ0n) is 23.4. The monoisotopic (exact) mass is 559 g/mol. The predicted octanol–water partition coefficient (Wildman–Crippen LogP) is 4.79. The van der Waals surface area contributed by atoms with Crippen LogP contribution < -0.4 is 19.9 Å². The number of rotatable bonds is 7. The first-order valence-corrected chi connectivity index (χ1v) is 15.0. The molecule has 2 aromatic carbocycles. The van der Waals surface area contributed by atoms with Gasteiger partial charge in [0.05, 0.1) is 29.8 Å². The van der Waals surface area contributed by atoms with Gasteiger partial charge in [0.2, 0.25) is 0 Å². The molecule has 3 aliphatic rings. The topological polar surface area (TPSA) is 80.6 Å². The van der Waals surface area contributed by atoms with Crippen molar-refractivity contribution in [3.05, 3.63) is 52.7 Å². The molecule has 3 aromatic rings. The summed E-state index contributed by atoms with van der Waals surface area (Å²) in [6.07, 6.45) is 3.63. The number of halogens is 1. The molecule has 210 valence electrons. The molecule has 0 radical (unpaired) electrons. The summed E-state index contributed by atoms with van der Waals surface area (Å²) in [5, 5.41) is 16.0. The zero-order valence-corrected chi connectivity index (χ0v) is 24.2. The van der Waals surface area contributed by atoms with Gasteiger partial charge in [-0.3, -0.25) is 4.90 Å². The van der Waals surface area contributed by atoms with E-state index in [2.05, 4.69) is 64.2 Å². The van der Waals surface area contributed by atoms with Gasteiger partial charge in [-0.05, 0) is 57.2 Å². The Labute approximate surface area is 241 Å².